The molecular weight excluding hydrogens is 1050 g/mol. The van der Waals surface area contributed by atoms with Gasteiger partial charge in [0.15, 0.2) is 0 Å². The highest BCUT2D eigenvalue weighted by atomic mass is 79.9. The molecule has 5 aliphatic rings. The summed E-state index contributed by atoms with van der Waals surface area (Å²) in [6.45, 7) is 28.3. The number of aromatic nitrogens is 1. The Labute approximate surface area is 460 Å². The van der Waals surface area contributed by atoms with E-state index in [0.29, 0.717) is 40.7 Å². The number of fused-ring (bicyclic) bond motifs is 1. The number of hydrogen-bond acceptors (Lipinski definition) is 15. The third-order valence-corrected chi connectivity index (χ3v) is 12.9. The monoisotopic (exact) mass is 1140 g/mol. The summed E-state index contributed by atoms with van der Waals surface area (Å²) in [5, 5.41) is 15.7. The summed E-state index contributed by atoms with van der Waals surface area (Å²) in [5.41, 5.74) is 9.08. The molecule has 0 saturated carbocycles. The lowest BCUT2D eigenvalue weighted by Gasteiger charge is -2.22. The minimum atomic E-state index is -0.432. The molecule has 2 aromatic rings. The molecule has 7 rings (SSSR count). The van der Waals surface area contributed by atoms with Crippen LogP contribution in [0.2, 0.25) is 0 Å². The van der Waals surface area contributed by atoms with E-state index in [1.54, 1.807) is 40.6 Å². The van der Waals surface area contributed by atoms with Crippen LogP contribution in [0.1, 0.15) is 100 Å². The number of aromatic amines is 1. The molecule has 4 fully saturated rings. The Balaban J connectivity index is 0.000000284. The summed E-state index contributed by atoms with van der Waals surface area (Å²) in [4.78, 5) is 58.3. The van der Waals surface area contributed by atoms with E-state index >= 15 is 0 Å². The average molecular weight is 1140 g/mol. The molecule has 0 aliphatic carbocycles. The van der Waals surface area contributed by atoms with Gasteiger partial charge in [-0.2, -0.15) is 0 Å². The van der Waals surface area contributed by atoms with Crippen molar-refractivity contribution in [3.63, 3.8) is 0 Å². The smallest absolute Gasteiger partial charge is 0.407 e. The number of alkyl carbamates (subject to hydrolysis) is 2. The van der Waals surface area contributed by atoms with E-state index in [1.807, 2.05) is 55.4 Å². The van der Waals surface area contributed by atoms with Gasteiger partial charge in [-0.05, 0) is 124 Å². The number of nitrogens with two attached hydrogens (primary N) is 1. The van der Waals surface area contributed by atoms with Crippen molar-refractivity contribution >= 4 is 57.3 Å². The molecule has 4 amide bonds. The molecule has 22 heteroatoms. The summed E-state index contributed by atoms with van der Waals surface area (Å²) >= 11 is 3.18. The van der Waals surface area contributed by atoms with Crippen LogP contribution in [-0.4, -0.2) is 211 Å². The van der Waals surface area contributed by atoms with Gasteiger partial charge >= 0.3 is 12.2 Å². The molecule has 6 heterocycles. The molecule has 0 bridgehead atoms. The first-order chi connectivity index (χ1) is 36.0. The molecule has 5 aliphatic heterocycles. The lowest BCUT2D eigenvalue weighted by molar-refractivity contribution is -0.110. The molecule has 4 saturated heterocycles. The summed E-state index contributed by atoms with van der Waals surface area (Å²) in [6.07, 6.45) is 5.04. The van der Waals surface area contributed by atoms with E-state index in [2.05, 4.69) is 66.9 Å². The number of amides is 4. The molecule has 1 aromatic carbocycles. The van der Waals surface area contributed by atoms with Gasteiger partial charge in [-0.15, -0.1) is 0 Å². The highest BCUT2D eigenvalue weighted by Gasteiger charge is 2.30. The van der Waals surface area contributed by atoms with Crippen LogP contribution in [0.4, 0.5) is 19.7 Å². The van der Waals surface area contributed by atoms with Gasteiger partial charge < -0.3 is 65.7 Å². The molecule has 76 heavy (non-hydrogen) atoms. The number of hydrogen-bond donors (Lipinski definition) is 7. The van der Waals surface area contributed by atoms with Crippen LogP contribution in [0.5, 0.6) is 0 Å². The molecule has 8 N–H and O–H groups in total. The number of H-pyrrole nitrogens is 1. The quantitative estimate of drug-likeness (QED) is 0.0811. The number of ether oxygens (including phenoxy) is 6. The minimum Gasteiger partial charge on any atom is -0.444 e. The first kappa shape index (κ1) is 66.1. The van der Waals surface area contributed by atoms with Crippen LogP contribution in [-0.2, 0) is 33.2 Å². The Morgan fingerprint density at radius 1 is 0.750 bits per heavy atom. The number of carbonyl (C=O) groups is 4. The standard InChI is InChI=1S/C23H27FN4O3.C12H24N2O3.C9H18N2O2.C7H16N2O.C3H7BrO/c1-13-20(11-18-17-10-15(24)4-5-19(17)27-22(18)29)25-14(2)21(13)23(30)26-16-6-7-28(12-16)8-9-31-3;1-12(2,3)17-11(15)13-10-5-6-14(9-10)7-8-16-4;1-9(2,3)13-8(12)11-7-4-5-10-6-7;1-10-5-4-9-3-2-7(8)6-9;1-5-3-2-4/h4-5,10-11,16,25H,6-9,12H2,1-3H3,(H,26,30)(H,27,29);10H,5-9H2,1-4H3,(H,13,15);7,10H,4-6H2,1-3H3,(H,11,12);7H,2-6,8H2,1H3;2-3H2,1H3/b18-11-;;;;/t16-;10-;2*7-;/m0000./s1. The first-order valence-electron chi connectivity index (χ1n) is 26.5. The number of benzene rings is 1. The van der Waals surface area contributed by atoms with E-state index in [1.165, 1.54) is 12.1 Å². The van der Waals surface area contributed by atoms with Crippen molar-refractivity contribution in [2.24, 2.45) is 5.73 Å². The normalized spacial score (nSPS) is 20.9. The lowest BCUT2D eigenvalue weighted by Crippen LogP contribution is -2.40. The van der Waals surface area contributed by atoms with Crippen molar-refractivity contribution in [3.8, 4) is 0 Å². The number of likely N-dealkylation sites (tertiary alicyclic amines) is 3. The Bertz CT molecular complexity index is 2110. The second-order valence-electron chi connectivity index (χ2n) is 21.4. The van der Waals surface area contributed by atoms with Crippen molar-refractivity contribution in [2.75, 3.05) is 138 Å². The number of nitrogens with one attached hydrogen (secondary N) is 6. The highest BCUT2D eigenvalue weighted by molar-refractivity contribution is 9.09. The van der Waals surface area contributed by atoms with Crippen LogP contribution in [0.15, 0.2) is 18.2 Å². The van der Waals surface area contributed by atoms with E-state index in [9.17, 15) is 23.6 Å². The zero-order valence-corrected chi connectivity index (χ0v) is 49.1. The van der Waals surface area contributed by atoms with Gasteiger partial charge in [0.2, 0.25) is 0 Å². The van der Waals surface area contributed by atoms with Crippen molar-refractivity contribution < 1.29 is 52.0 Å². The number of carbonyl (C=O) groups excluding carboxylic acids is 4. The van der Waals surface area contributed by atoms with Crippen LogP contribution < -0.4 is 32.3 Å². The third-order valence-electron chi connectivity index (χ3n) is 12.6. The topological polar surface area (TPSA) is 235 Å². The SMILES string of the molecule is CC(C)(C)OC(=O)N[C@H]1CCNC1.COCCBr.COCCN1CC[C@H](N)C1.COCCN1CC[C@H](NC(=O)OC(C)(C)C)C1.COCCN1CC[C@H](NC(=O)c2c(C)[nH]c(/C=C3\C(=O)Nc4ccc(F)cc43)c2C)C1. The second-order valence-corrected chi connectivity index (χ2v) is 22.2. The van der Waals surface area contributed by atoms with Crippen LogP contribution in [0.3, 0.4) is 0 Å². The molecule has 0 radical (unpaired) electrons. The summed E-state index contributed by atoms with van der Waals surface area (Å²) in [7, 11) is 6.80. The minimum absolute atomic E-state index is 0.0929. The fraction of sp³-hybridized carbons (Fsp3) is 0.704. The summed E-state index contributed by atoms with van der Waals surface area (Å²) < 4.78 is 43.8. The predicted molar refractivity (Wildman–Crippen MR) is 301 cm³/mol. The molecule has 0 unspecified atom stereocenters. The zero-order chi connectivity index (χ0) is 56.4. The predicted octanol–water partition coefficient (Wildman–Crippen LogP) is 5.51. The number of methoxy groups -OCH3 is 4. The van der Waals surface area contributed by atoms with E-state index in [0.717, 1.165) is 134 Å². The van der Waals surface area contributed by atoms with Gasteiger partial charge in [0.25, 0.3) is 11.8 Å². The average Bonchev–Trinajstić information content (AvgIpc) is 4.22. The van der Waals surface area contributed by atoms with Crippen molar-refractivity contribution in [1.82, 2.24) is 41.0 Å². The fourth-order valence-corrected chi connectivity index (χ4v) is 9.13. The number of halogens is 2. The lowest BCUT2D eigenvalue weighted by atomic mass is 10.0. The van der Waals surface area contributed by atoms with Gasteiger partial charge in [0.05, 0.1) is 37.6 Å². The zero-order valence-electron chi connectivity index (χ0n) is 47.5. The number of rotatable bonds is 16. The first-order valence-corrected chi connectivity index (χ1v) is 27.6. The molecule has 20 nitrogen and oxygen atoms in total. The Kier molecular flexibility index (Phi) is 29.5. The largest absolute Gasteiger partial charge is 0.444 e. The molecular formula is C54H92BrFN10O10. The Morgan fingerprint density at radius 2 is 1.26 bits per heavy atom. The molecule has 0 spiro atoms. The van der Waals surface area contributed by atoms with Gasteiger partial charge in [0, 0.05) is 139 Å². The molecule has 432 valence electrons. The number of alkyl halides is 1. The fourth-order valence-electron chi connectivity index (χ4n) is 8.80. The van der Waals surface area contributed by atoms with Crippen LogP contribution >= 0.6 is 15.9 Å². The second kappa shape index (κ2) is 33.9. The maximum atomic E-state index is 13.7. The molecule has 1 aromatic heterocycles. The van der Waals surface area contributed by atoms with E-state index in [-0.39, 0.29) is 42.1 Å². The van der Waals surface area contributed by atoms with Gasteiger partial charge in [-0.3, -0.25) is 24.3 Å². The van der Waals surface area contributed by atoms with E-state index < -0.39 is 17.0 Å². The summed E-state index contributed by atoms with van der Waals surface area (Å²) in [6, 6.07) is 5.12. The maximum Gasteiger partial charge on any atom is 0.407 e. The van der Waals surface area contributed by atoms with Crippen molar-refractivity contribution in [3.05, 3.63) is 52.1 Å². The maximum absolute atomic E-state index is 13.7. The van der Waals surface area contributed by atoms with E-state index in [4.69, 9.17) is 29.4 Å². The number of nitrogens with zero attached hydrogens (tertiary/aromatic N) is 3. The molecule has 4 atom stereocenters. The van der Waals surface area contributed by atoms with Gasteiger partial charge in [-0.25, -0.2) is 14.0 Å². The Hall–Kier alpha value is -4.23. The Morgan fingerprint density at radius 3 is 1.72 bits per heavy atom. The number of anilines is 1. The van der Waals surface area contributed by atoms with Crippen molar-refractivity contribution in [1.29, 1.82) is 0 Å². The van der Waals surface area contributed by atoms with Crippen molar-refractivity contribution in [2.45, 2.75) is 116 Å². The number of aryl methyl sites for hydroxylation is 1. The summed E-state index contributed by atoms with van der Waals surface area (Å²) in [5.74, 6) is -0.825. The van der Waals surface area contributed by atoms with Crippen LogP contribution in [0, 0.1) is 19.7 Å². The third kappa shape index (κ3) is 25.1. The van der Waals surface area contributed by atoms with Gasteiger partial charge in [-0.1, -0.05) is 15.9 Å². The van der Waals surface area contributed by atoms with Gasteiger partial charge in [0.1, 0.15) is 17.0 Å². The van der Waals surface area contributed by atoms with Crippen LogP contribution in [0.25, 0.3) is 11.6 Å². The highest BCUT2D eigenvalue weighted by Crippen LogP contribution is 2.34.